The molecule has 0 saturated heterocycles. The Morgan fingerprint density at radius 2 is 2.03 bits per heavy atom. The molecule has 0 aliphatic carbocycles. The molecule has 0 radical (unpaired) electrons. The van der Waals surface area contributed by atoms with Crippen LogP contribution in [0.1, 0.15) is 37.5 Å². The maximum Gasteiger partial charge on any atom is 0.262 e. The summed E-state index contributed by atoms with van der Waals surface area (Å²) in [6, 6.07) is 13.7. The molecular weight excluding hydrogens is 479 g/mol. The van der Waals surface area contributed by atoms with E-state index in [0.29, 0.717) is 30.3 Å². The van der Waals surface area contributed by atoms with Crippen molar-refractivity contribution in [2.24, 2.45) is 0 Å². The second-order valence-corrected chi connectivity index (χ2v) is 8.00. The Balaban J connectivity index is 2.32. The van der Waals surface area contributed by atoms with Crippen molar-refractivity contribution in [1.82, 2.24) is 5.32 Å². The van der Waals surface area contributed by atoms with E-state index in [9.17, 15) is 10.1 Å². The largest absolute Gasteiger partial charge is 0.490 e. The summed E-state index contributed by atoms with van der Waals surface area (Å²) >= 11 is 2.18. The van der Waals surface area contributed by atoms with Crippen molar-refractivity contribution in [1.29, 1.82) is 5.26 Å². The van der Waals surface area contributed by atoms with Gasteiger partial charge in [-0.15, -0.1) is 0 Å². The fraction of sp³-hybridized carbons (Fsp3) is 0.304. The number of hydrogen-bond donors (Lipinski definition) is 1. The third kappa shape index (κ3) is 6.79. The van der Waals surface area contributed by atoms with Gasteiger partial charge in [-0.05, 0) is 79.6 Å². The summed E-state index contributed by atoms with van der Waals surface area (Å²) in [6.45, 7) is 8.54. The van der Waals surface area contributed by atoms with Crippen LogP contribution in [0.4, 0.5) is 0 Å². The quantitative estimate of drug-likeness (QED) is 0.312. The van der Waals surface area contributed by atoms with E-state index in [1.807, 2.05) is 58.0 Å². The molecule has 5 nitrogen and oxygen atoms in total. The van der Waals surface area contributed by atoms with Crippen LogP contribution in [0.15, 0.2) is 42.0 Å². The molecule has 2 aromatic carbocycles. The highest BCUT2D eigenvalue weighted by molar-refractivity contribution is 14.1. The van der Waals surface area contributed by atoms with Crippen LogP contribution in [0.3, 0.4) is 0 Å². The van der Waals surface area contributed by atoms with E-state index in [4.69, 9.17) is 9.47 Å². The van der Waals surface area contributed by atoms with E-state index in [0.717, 1.165) is 9.13 Å². The van der Waals surface area contributed by atoms with Gasteiger partial charge < -0.3 is 14.8 Å². The Morgan fingerprint density at radius 1 is 1.28 bits per heavy atom. The van der Waals surface area contributed by atoms with Crippen LogP contribution in [0, 0.1) is 21.8 Å². The standard InChI is InChI=1S/C23H25IN2O3/c1-5-28-21-12-18(10-19(13-25)23(27)26-15(2)3)11-20(24)22(21)29-14-17-8-6-7-16(4)9-17/h6-12,15H,5,14H2,1-4H3,(H,26,27)/b19-10-. The number of amides is 1. The van der Waals surface area contributed by atoms with Crippen LogP contribution >= 0.6 is 22.6 Å². The molecule has 29 heavy (non-hydrogen) atoms. The lowest BCUT2D eigenvalue weighted by Gasteiger charge is -2.15. The Kier molecular flexibility index (Phi) is 8.52. The van der Waals surface area contributed by atoms with Gasteiger partial charge in [-0.1, -0.05) is 29.8 Å². The zero-order valence-corrected chi connectivity index (χ0v) is 19.2. The Morgan fingerprint density at radius 3 is 2.66 bits per heavy atom. The zero-order valence-electron chi connectivity index (χ0n) is 17.1. The van der Waals surface area contributed by atoms with Gasteiger partial charge in [-0.25, -0.2) is 0 Å². The highest BCUT2D eigenvalue weighted by Crippen LogP contribution is 2.35. The average molecular weight is 504 g/mol. The number of benzene rings is 2. The number of rotatable bonds is 8. The van der Waals surface area contributed by atoms with Gasteiger partial charge in [0.05, 0.1) is 10.2 Å². The molecule has 0 bridgehead atoms. The Hall–Kier alpha value is -2.53. The predicted octanol–water partition coefficient (Wildman–Crippen LogP) is 5.01. The van der Waals surface area contributed by atoms with Crippen molar-refractivity contribution in [3.05, 3.63) is 62.2 Å². The molecule has 2 rings (SSSR count). The second kappa shape index (κ2) is 10.9. The first-order chi connectivity index (χ1) is 13.8. The number of nitriles is 1. The summed E-state index contributed by atoms with van der Waals surface area (Å²) in [4.78, 5) is 12.2. The summed E-state index contributed by atoms with van der Waals surface area (Å²) < 4.78 is 12.7. The number of carbonyl (C=O) groups excluding carboxylic acids is 1. The Bertz CT molecular complexity index is 946. The van der Waals surface area contributed by atoms with Crippen LogP contribution in [0.2, 0.25) is 0 Å². The van der Waals surface area contributed by atoms with Gasteiger partial charge in [0.2, 0.25) is 0 Å². The predicted molar refractivity (Wildman–Crippen MR) is 123 cm³/mol. The van der Waals surface area contributed by atoms with E-state index >= 15 is 0 Å². The summed E-state index contributed by atoms with van der Waals surface area (Å²) in [7, 11) is 0. The van der Waals surface area contributed by atoms with Gasteiger partial charge in [-0.2, -0.15) is 5.26 Å². The topological polar surface area (TPSA) is 71.3 Å². The molecule has 2 aromatic rings. The third-order valence-corrected chi connectivity index (χ3v) is 4.69. The van der Waals surface area contributed by atoms with Crippen LogP contribution in [0.5, 0.6) is 11.5 Å². The second-order valence-electron chi connectivity index (χ2n) is 6.84. The fourth-order valence-electron chi connectivity index (χ4n) is 2.69. The number of carbonyl (C=O) groups is 1. The lowest BCUT2D eigenvalue weighted by molar-refractivity contribution is -0.117. The molecule has 0 spiro atoms. The highest BCUT2D eigenvalue weighted by Gasteiger charge is 2.15. The minimum atomic E-state index is -0.393. The average Bonchev–Trinajstić information content (AvgIpc) is 2.65. The molecule has 0 heterocycles. The molecule has 0 atom stereocenters. The molecule has 0 aromatic heterocycles. The smallest absolute Gasteiger partial charge is 0.262 e. The molecule has 1 N–H and O–H groups in total. The summed E-state index contributed by atoms with van der Waals surface area (Å²) in [5.74, 6) is 0.839. The number of halogens is 1. The van der Waals surface area contributed by atoms with Crippen LogP contribution in [0.25, 0.3) is 6.08 Å². The molecule has 152 valence electrons. The van der Waals surface area contributed by atoms with E-state index < -0.39 is 5.91 Å². The van der Waals surface area contributed by atoms with Gasteiger partial charge in [-0.3, -0.25) is 4.79 Å². The van der Waals surface area contributed by atoms with E-state index in [1.165, 1.54) is 5.56 Å². The van der Waals surface area contributed by atoms with Crippen LogP contribution in [-0.4, -0.2) is 18.6 Å². The Labute approximate surface area is 185 Å². The molecule has 0 saturated carbocycles. The van der Waals surface area contributed by atoms with E-state index in [-0.39, 0.29) is 11.6 Å². The molecule has 0 fully saturated rings. The lowest BCUT2D eigenvalue weighted by Crippen LogP contribution is -2.30. The minimum Gasteiger partial charge on any atom is -0.490 e. The minimum absolute atomic E-state index is 0.0456. The van der Waals surface area contributed by atoms with Gasteiger partial charge in [0, 0.05) is 6.04 Å². The summed E-state index contributed by atoms with van der Waals surface area (Å²) in [5, 5.41) is 12.1. The van der Waals surface area contributed by atoms with E-state index in [1.54, 1.807) is 12.1 Å². The molecule has 6 heteroatoms. The lowest BCUT2D eigenvalue weighted by atomic mass is 10.1. The molecule has 0 aliphatic heterocycles. The molecular formula is C23H25IN2O3. The molecule has 0 unspecified atom stereocenters. The number of nitrogens with zero attached hydrogens (tertiary/aromatic N) is 1. The fourth-order valence-corrected chi connectivity index (χ4v) is 3.47. The van der Waals surface area contributed by atoms with Gasteiger partial charge >= 0.3 is 0 Å². The first-order valence-electron chi connectivity index (χ1n) is 9.41. The monoisotopic (exact) mass is 504 g/mol. The highest BCUT2D eigenvalue weighted by atomic mass is 127. The van der Waals surface area contributed by atoms with Crippen molar-refractivity contribution in [3.63, 3.8) is 0 Å². The number of ether oxygens (including phenoxy) is 2. The van der Waals surface area contributed by atoms with Gasteiger partial charge in [0.15, 0.2) is 11.5 Å². The van der Waals surface area contributed by atoms with Crippen LogP contribution in [-0.2, 0) is 11.4 Å². The van der Waals surface area contributed by atoms with Gasteiger partial charge in [0.1, 0.15) is 18.2 Å². The van der Waals surface area contributed by atoms with Crippen molar-refractivity contribution in [3.8, 4) is 17.6 Å². The maximum atomic E-state index is 12.2. The first-order valence-corrected chi connectivity index (χ1v) is 10.5. The maximum absolute atomic E-state index is 12.2. The van der Waals surface area contributed by atoms with E-state index in [2.05, 4.69) is 34.0 Å². The van der Waals surface area contributed by atoms with Crippen LogP contribution < -0.4 is 14.8 Å². The van der Waals surface area contributed by atoms with Crippen molar-refractivity contribution < 1.29 is 14.3 Å². The number of hydrogen-bond acceptors (Lipinski definition) is 4. The van der Waals surface area contributed by atoms with Gasteiger partial charge in [0.25, 0.3) is 5.91 Å². The molecule has 0 aliphatic rings. The van der Waals surface area contributed by atoms with Crippen molar-refractivity contribution in [2.75, 3.05) is 6.61 Å². The van der Waals surface area contributed by atoms with Crippen molar-refractivity contribution >= 4 is 34.6 Å². The number of aryl methyl sites for hydroxylation is 1. The zero-order chi connectivity index (χ0) is 21.4. The van der Waals surface area contributed by atoms with Crippen molar-refractivity contribution in [2.45, 2.75) is 40.3 Å². The number of nitrogens with one attached hydrogen (secondary N) is 1. The summed E-state index contributed by atoms with van der Waals surface area (Å²) in [6.07, 6.45) is 1.56. The first kappa shape index (κ1) is 22.8. The SMILES string of the molecule is CCOc1cc(/C=C(/C#N)C(=O)NC(C)C)cc(I)c1OCc1cccc(C)c1. The normalized spacial score (nSPS) is 11.1. The summed E-state index contributed by atoms with van der Waals surface area (Å²) in [5.41, 5.74) is 3.00. The third-order valence-electron chi connectivity index (χ3n) is 3.89. The molecule has 1 amide bonds.